The summed E-state index contributed by atoms with van der Waals surface area (Å²) >= 11 is 0. The number of nitrogens with two attached hydrogens (primary N) is 2. The van der Waals surface area contributed by atoms with Crippen LogP contribution >= 0.6 is 0 Å². The van der Waals surface area contributed by atoms with Gasteiger partial charge in [-0.25, -0.2) is 8.78 Å². The lowest BCUT2D eigenvalue weighted by Crippen LogP contribution is -2.20. The lowest BCUT2D eigenvalue weighted by molar-refractivity contribution is 0.151. The number of halogens is 2. The Morgan fingerprint density at radius 1 is 1.23 bits per heavy atom. The molecule has 1 atom stereocenters. The average Bonchev–Trinajstić information content (AvgIpc) is 2.17. The fourth-order valence-corrected chi connectivity index (χ4v) is 1.06. The van der Waals surface area contributed by atoms with Crippen LogP contribution < -0.4 is 11.5 Å². The zero-order valence-electron chi connectivity index (χ0n) is 7.08. The zero-order chi connectivity index (χ0) is 9.84. The quantitative estimate of drug-likeness (QED) is 0.753. The van der Waals surface area contributed by atoms with E-state index in [4.69, 9.17) is 11.5 Å². The molecule has 0 unspecified atom stereocenters. The predicted molar refractivity (Wildman–Crippen MR) is 47.4 cm³/mol. The van der Waals surface area contributed by atoms with E-state index in [-0.39, 0.29) is 18.2 Å². The van der Waals surface area contributed by atoms with Crippen LogP contribution in [0.3, 0.4) is 0 Å². The molecule has 0 aliphatic carbocycles. The van der Waals surface area contributed by atoms with Crippen molar-refractivity contribution in [1.82, 2.24) is 0 Å². The Bertz CT molecular complexity index is 276. The molecule has 0 radical (unpaired) electrons. The summed E-state index contributed by atoms with van der Waals surface area (Å²) in [6.45, 7) is 0.257. The molecule has 0 bridgehead atoms. The van der Waals surface area contributed by atoms with Gasteiger partial charge in [-0.1, -0.05) is 18.2 Å². The summed E-state index contributed by atoms with van der Waals surface area (Å²) in [6.07, 6.45) is -2.45. The Balaban J connectivity index is 2.91. The molecule has 1 rings (SSSR count). The number of hydrogen-bond donors (Lipinski definition) is 2. The minimum absolute atomic E-state index is 0.0126. The predicted octanol–water partition coefficient (Wildman–Crippen LogP) is 1.58. The molecule has 0 aliphatic heterocycles. The molecule has 13 heavy (non-hydrogen) atoms. The Labute approximate surface area is 75.5 Å². The summed E-state index contributed by atoms with van der Waals surface area (Å²) in [5.41, 5.74) is 11.6. The van der Waals surface area contributed by atoms with E-state index in [0.717, 1.165) is 0 Å². The fourth-order valence-electron chi connectivity index (χ4n) is 1.06. The van der Waals surface area contributed by atoms with Crippen molar-refractivity contribution in [1.29, 1.82) is 0 Å². The molecule has 1 aromatic carbocycles. The topological polar surface area (TPSA) is 52.0 Å². The molecule has 0 fully saturated rings. The van der Waals surface area contributed by atoms with Crippen LogP contribution in [0.2, 0.25) is 0 Å². The highest BCUT2D eigenvalue weighted by atomic mass is 19.3. The minimum atomic E-state index is -2.45. The average molecular weight is 186 g/mol. The lowest BCUT2D eigenvalue weighted by Gasteiger charge is -2.10. The second kappa shape index (κ2) is 4.30. The van der Waals surface area contributed by atoms with Crippen LogP contribution in [0.25, 0.3) is 0 Å². The van der Waals surface area contributed by atoms with Crippen LogP contribution in [0.5, 0.6) is 0 Å². The van der Waals surface area contributed by atoms with E-state index in [1.165, 1.54) is 12.1 Å². The Morgan fingerprint density at radius 3 is 2.38 bits per heavy atom. The van der Waals surface area contributed by atoms with E-state index in [0.29, 0.717) is 5.56 Å². The van der Waals surface area contributed by atoms with Crippen molar-refractivity contribution in [3.8, 4) is 0 Å². The molecule has 4 N–H and O–H groups in total. The molecule has 2 nitrogen and oxygen atoms in total. The second-order valence-corrected chi connectivity index (χ2v) is 2.81. The Morgan fingerprint density at radius 2 is 1.85 bits per heavy atom. The van der Waals surface area contributed by atoms with Crippen LogP contribution in [0.1, 0.15) is 23.6 Å². The molecule has 0 saturated carbocycles. The van der Waals surface area contributed by atoms with Crippen LogP contribution in [0.4, 0.5) is 8.78 Å². The summed E-state index contributed by atoms with van der Waals surface area (Å²) in [7, 11) is 0. The van der Waals surface area contributed by atoms with Gasteiger partial charge in [-0.2, -0.15) is 0 Å². The van der Waals surface area contributed by atoms with Crippen molar-refractivity contribution in [2.75, 3.05) is 6.54 Å². The maximum atomic E-state index is 12.2. The molecule has 4 heteroatoms. The van der Waals surface area contributed by atoms with Crippen LogP contribution in [0, 0.1) is 0 Å². The Hall–Kier alpha value is -1.00. The van der Waals surface area contributed by atoms with Crippen molar-refractivity contribution in [3.63, 3.8) is 0 Å². The molecular weight excluding hydrogens is 174 g/mol. The first-order chi connectivity index (χ1) is 6.15. The molecule has 0 aliphatic rings. The summed E-state index contributed by atoms with van der Waals surface area (Å²) < 4.78 is 24.5. The number of hydrogen-bond acceptors (Lipinski definition) is 2. The van der Waals surface area contributed by atoms with E-state index in [1.54, 1.807) is 12.1 Å². The zero-order valence-corrected chi connectivity index (χ0v) is 7.08. The summed E-state index contributed by atoms with van der Waals surface area (Å²) in [6, 6.07) is 5.66. The maximum Gasteiger partial charge on any atom is 0.263 e. The number of rotatable bonds is 3. The van der Waals surface area contributed by atoms with E-state index in [2.05, 4.69) is 0 Å². The van der Waals surface area contributed by atoms with Gasteiger partial charge >= 0.3 is 0 Å². The fraction of sp³-hybridized carbons (Fsp3) is 0.333. The monoisotopic (exact) mass is 186 g/mol. The van der Waals surface area contributed by atoms with Crippen molar-refractivity contribution in [2.45, 2.75) is 12.5 Å². The van der Waals surface area contributed by atoms with Gasteiger partial charge in [-0.15, -0.1) is 0 Å². The largest absolute Gasteiger partial charge is 0.329 e. The Kier molecular flexibility index (Phi) is 3.33. The standard InChI is InChI=1S/C9H12F2N2/c10-9(11)7-3-1-2-6(4-7)8(13)5-12/h1-4,8-9H,5,12-13H2/t8-/m1/s1. The maximum absolute atomic E-state index is 12.2. The van der Waals surface area contributed by atoms with Gasteiger partial charge in [0.05, 0.1) is 0 Å². The smallest absolute Gasteiger partial charge is 0.263 e. The van der Waals surface area contributed by atoms with Crippen LogP contribution in [-0.2, 0) is 0 Å². The molecule has 0 amide bonds. The van der Waals surface area contributed by atoms with Gasteiger partial charge < -0.3 is 11.5 Å². The van der Waals surface area contributed by atoms with E-state index in [1.807, 2.05) is 0 Å². The molecular formula is C9H12F2N2. The first-order valence-corrected chi connectivity index (χ1v) is 3.98. The molecule has 1 aromatic rings. The highest BCUT2D eigenvalue weighted by molar-refractivity contribution is 5.26. The van der Waals surface area contributed by atoms with Gasteiger partial charge in [-0.3, -0.25) is 0 Å². The van der Waals surface area contributed by atoms with Crippen molar-refractivity contribution in [3.05, 3.63) is 35.4 Å². The van der Waals surface area contributed by atoms with Gasteiger partial charge in [0.25, 0.3) is 6.43 Å². The molecule has 0 aromatic heterocycles. The molecule has 0 saturated heterocycles. The summed E-state index contributed by atoms with van der Waals surface area (Å²) in [5.74, 6) is 0. The normalized spacial score (nSPS) is 13.3. The SMILES string of the molecule is NC[C@@H](N)c1cccc(C(F)F)c1. The second-order valence-electron chi connectivity index (χ2n) is 2.81. The number of benzene rings is 1. The van der Waals surface area contributed by atoms with E-state index in [9.17, 15) is 8.78 Å². The van der Waals surface area contributed by atoms with Gasteiger partial charge in [0.1, 0.15) is 0 Å². The van der Waals surface area contributed by atoms with Gasteiger partial charge in [0.2, 0.25) is 0 Å². The third-order valence-corrected chi connectivity index (χ3v) is 1.84. The van der Waals surface area contributed by atoms with E-state index >= 15 is 0 Å². The lowest BCUT2D eigenvalue weighted by atomic mass is 10.1. The van der Waals surface area contributed by atoms with Crippen LogP contribution in [-0.4, -0.2) is 6.54 Å². The highest BCUT2D eigenvalue weighted by Gasteiger charge is 2.09. The van der Waals surface area contributed by atoms with Crippen molar-refractivity contribution in [2.24, 2.45) is 11.5 Å². The van der Waals surface area contributed by atoms with Gasteiger partial charge in [0, 0.05) is 18.2 Å². The highest BCUT2D eigenvalue weighted by Crippen LogP contribution is 2.21. The van der Waals surface area contributed by atoms with Gasteiger partial charge in [-0.05, 0) is 11.6 Å². The van der Waals surface area contributed by atoms with E-state index < -0.39 is 6.43 Å². The number of alkyl halides is 2. The first kappa shape index (κ1) is 10.1. The summed E-state index contributed by atoms with van der Waals surface area (Å²) in [4.78, 5) is 0. The molecule has 72 valence electrons. The third kappa shape index (κ3) is 2.47. The summed E-state index contributed by atoms with van der Waals surface area (Å²) in [5, 5.41) is 0. The first-order valence-electron chi connectivity index (χ1n) is 3.98. The van der Waals surface area contributed by atoms with Crippen LogP contribution in [0.15, 0.2) is 24.3 Å². The van der Waals surface area contributed by atoms with Crippen molar-refractivity contribution >= 4 is 0 Å². The molecule has 0 spiro atoms. The van der Waals surface area contributed by atoms with Crippen molar-refractivity contribution < 1.29 is 8.78 Å². The molecule has 0 heterocycles. The minimum Gasteiger partial charge on any atom is -0.329 e. The third-order valence-electron chi connectivity index (χ3n) is 1.84. The van der Waals surface area contributed by atoms with Gasteiger partial charge in [0.15, 0.2) is 0 Å².